The molecule has 0 unspecified atom stereocenters. The van der Waals surface area contributed by atoms with Crippen LogP contribution in [-0.2, 0) is 6.42 Å². The van der Waals surface area contributed by atoms with E-state index >= 15 is 0 Å². The molecule has 1 nitrogen and oxygen atoms in total. The fourth-order valence-corrected chi connectivity index (χ4v) is 3.17. The highest BCUT2D eigenvalue weighted by Gasteiger charge is 2.12. The summed E-state index contributed by atoms with van der Waals surface area (Å²) in [7, 11) is 0. The first kappa shape index (κ1) is 13.3. The van der Waals surface area contributed by atoms with E-state index in [1.54, 1.807) is 23.9 Å². The first-order valence-electron chi connectivity index (χ1n) is 6.63. The summed E-state index contributed by atoms with van der Waals surface area (Å²) in [6, 6.07) is 12.9. The zero-order valence-electron chi connectivity index (χ0n) is 11.4. The fraction of sp³-hybridized carbons (Fsp3) is 0.176. The summed E-state index contributed by atoms with van der Waals surface area (Å²) in [6.45, 7) is 4.11. The number of halogens is 1. The lowest BCUT2D eigenvalue weighted by Gasteiger charge is -2.02. The molecule has 102 valence electrons. The molecule has 0 aliphatic carbocycles. The van der Waals surface area contributed by atoms with Crippen LogP contribution in [0.1, 0.15) is 18.2 Å². The normalized spacial score (nSPS) is 11.2. The second kappa shape index (κ2) is 5.33. The molecular formula is C17H15FOS. The van der Waals surface area contributed by atoms with Crippen LogP contribution in [0.15, 0.2) is 56.7 Å². The average Bonchev–Trinajstić information content (AvgIpc) is 2.77. The molecule has 3 rings (SSSR count). The van der Waals surface area contributed by atoms with Crippen LogP contribution in [0.3, 0.4) is 0 Å². The lowest BCUT2D eigenvalue weighted by Crippen LogP contribution is -1.80. The number of hydrogen-bond donors (Lipinski definition) is 0. The van der Waals surface area contributed by atoms with Crippen molar-refractivity contribution in [2.75, 3.05) is 0 Å². The van der Waals surface area contributed by atoms with Gasteiger partial charge in [-0.2, -0.15) is 0 Å². The van der Waals surface area contributed by atoms with Crippen LogP contribution in [-0.4, -0.2) is 0 Å². The van der Waals surface area contributed by atoms with Gasteiger partial charge in [-0.05, 0) is 55.3 Å². The number of hydrogen-bond acceptors (Lipinski definition) is 2. The summed E-state index contributed by atoms with van der Waals surface area (Å²) >= 11 is 1.62. The Morgan fingerprint density at radius 1 is 1.10 bits per heavy atom. The van der Waals surface area contributed by atoms with Crippen molar-refractivity contribution in [2.45, 2.75) is 30.1 Å². The molecule has 1 heterocycles. The van der Waals surface area contributed by atoms with Gasteiger partial charge in [-0.15, -0.1) is 0 Å². The van der Waals surface area contributed by atoms with Crippen LogP contribution < -0.4 is 0 Å². The monoisotopic (exact) mass is 286 g/mol. The van der Waals surface area contributed by atoms with Crippen LogP contribution >= 0.6 is 11.8 Å². The Bertz CT molecular complexity index is 744. The Balaban J connectivity index is 2.05. The third kappa shape index (κ3) is 2.46. The first-order chi connectivity index (χ1) is 9.67. The van der Waals surface area contributed by atoms with E-state index in [2.05, 4.69) is 19.1 Å². The molecule has 0 saturated heterocycles. The molecule has 0 saturated carbocycles. The van der Waals surface area contributed by atoms with Crippen molar-refractivity contribution in [3.8, 4) is 0 Å². The third-order valence-electron chi connectivity index (χ3n) is 3.31. The van der Waals surface area contributed by atoms with Crippen molar-refractivity contribution >= 4 is 22.7 Å². The van der Waals surface area contributed by atoms with Crippen molar-refractivity contribution in [3.05, 3.63) is 59.6 Å². The number of benzene rings is 2. The SMILES string of the molecule is CCc1ccc2oc(C)c(Sc3ccc(F)cc3)c2c1. The Morgan fingerprint density at radius 2 is 1.85 bits per heavy atom. The maximum atomic E-state index is 13.0. The number of fused-ring (bicyclic) bond motifs is 1. The van der Waals surface area contributed by atoms with Gasteiger partial charge in [0, 0.05) is 10.3 Å². The lowest BCUT2D eigenvalue weighted by atomic mass is 10.1. The lowest BCUT2D eigenvalue weighted by molar-refractivity contribution is 0.568. The molecule has 0 fully saturated rings. The highest BCUT2D eigenvalue weighted by atomic mass is 32.2. The molecule has 0 spiro atoms. The quantitative estimate of drug-likeness (QED) is 0.622. The van der Waals surface area contributed by atoms with E-state index in [-0.39, 0.29) is 5.82 Å². The van der Waals surface area contributed by atoms with Crippen LogP contribution in [0, 0.1) is 12.7 Å². The topological polar surface area (TPSA) is 13.1 Å². The Hall–Kier alpha value is -1.74. The average molecular weight is 286 g/mol. The summed E-state index contributed by atoms with van der Waals surface area (Å²) in [5, 5.41) is 1.14. The molecule has 3 aromatic rings. The molecule has 0 atom stereocenters. The van der Waals surface area contributed by atoms with E-state index in [0.29, 0.717) is 0 Å². The molecule has 0 aliphatic heterocycles. The molecule has 0 bridgehead atoms. The van der Waals surface area contributed by atoms with Crippen molar-refractivity contribution in [1.29, 1.82) is 0 Å². The van der Waals surface area contributed by atoms with Gasteiger partial charge in [0.05, 0.1) is 4.90 Å². The number of furan rings is 1. The molecule has 20 heavy (non-hydrogen) atoms. The fourth-order valence-electron chi connectivity index (χ4n) is 2.21. The van der Waals surface area contributed by atoms with Gasteiger partial charge in [0.2, 0.25) is 0 Å². The summed E-state index contributed by atoms with van der Waals surface area (Å²) in [4.78, 5) is 2.13. The standard InChI is InChI=1S/C17H15FOS/c1-3-12-4-9-16-15(10-12)17(11(2)19-16)20-14-7-5-13(18)6-8-14/h4-10H,3H2,1-2H3. The van der Waals surface area contributed by atoms with Gasteiger partial charge in [-0.1, -0.05) is 24.8 Å². The minimum absolute atomic E-state index is 0.212. The van der Waals surface area contributed by atoms with Gasteiger partial charge in [-0.3, -0.25) is 0 Å². The third-order valence-corrected chi connectivity index (χ3v) is 4.53. The number of rotatable bonds is 3. The predicted molar refractivity (Wildman–Crippen MR) is 80.9 cm³/mol. The van der Waals surface area contributed by atoms with Crippen molar-refractivity contribution in [2.24, 2.45) is 0 Å². The second-order valence-electron chi connectivity index (χ2n) is 4.73. The van der Waals surface area contributed by atoms with E-state index in [9.17, 15) is 4.39 Å². The smallest absolute Gasteiger partial charge is 0.135 e. The largest absolute Gasteiger partial charge is 0.460 e. The van der Waals surface area contributed by atoms with Crippen molar-refractivity contribution < 1.29 is 8.81 Å². The Labute approximate surface area is 121 Å². The van der Waals surface area contributed by atoms with Crippen molar-refractivity contribution in [1.82, 2.24) is 0 Å². The molecule has 1 aromatic heterocycles. The molecule has 2 aromatic carbocycles. The van der Waals surface area contributed by atoms with Crippen LogP contribution in [0.2, 0.25) is 0 Å². The van der Waals surface area contributed by atoms with Gasteiger partial charge in [0.1, 0.15) is 17.2 Å². The van der Waals surface area contributed by atoms with E-state index in [4.69, 9.17) is 4.42 Å². The summed E-state index contributed by atoms with van der Waals surface area (Å²) in [5.74, 6) is 0.693. The predicted octanol–water partition coefficient (Wildman–Crippen LogP) is 5.59. The van der Waals surface area contributed by atoms with E-state index in [1.807, 2.05) is 13.0 Å². The maximum absolute atomic E-state index is 13.0. The molecule has 0 radical (unpaired) electrons. The van der Waals surface area contributed by atoms with Gasteiger partial charge in [0.15, 0.2) is 0 Å². The second-order valence-corrected chi connectivity index (χ2v) is 5.81. The molecule has 3 heteroatoms. The Morgan fingerprint density at radius 3 is 2.55 bits per heavy atom. The van der Waals surface area contributed by atoms with E-state index in [0.717, 1.165) is 32.9 Å². The van der Waals surface area contributed by atoms with Gasteiger partial charge < -0.3 is 4.42 Å². The zero-order chi connectivity index (χ0) is 14.1. The molecular weight excluding hydrogens is 271 g/mol. The highest BCUT2D eigenvalue weighted by Crippen LogP contribution is 2.38. The van der Waals surface area contributed by atoms with Gasteiger partial charge in [0.25, 0.3) is 0 Å². The Kier molecular flexibility index (Phi) is 3.53. The van der Waals surface area contributed by atoms with Gasteiger partial charge >= 0.3 is 0 Å². The summed E-state index contributed by atoms with van der Waals surface area (Å²) in [6.07, 6.45) is 1.00. The van der Waals surface area contributed by atoms with E-state index in [1.165, 1.54) is 17.7 Å². The van der Waals surface area contributed by atoms with E-state index < -0.39 is 0 Å². The summed E-state index contributed by atoms with van der Waals surface area (Å²) in [5.41, 5.74) is 2.20. The first-order valence-corrected chi connectivity index (χ1v) is 7.44. The van der Waals surface area contributed by atoms with Crippen LogP contribution in [0.25, 0.3) is 11.0 Å². The zero-order valence-corrected chi connectivity index (χ0v) is 12.3. The van der Waals surface area contributed by atoms with Crippen LogP contribution in [0.5, 0.6) is 0 Å². The van der Waals surface area contributed by atoms with Crippen molar-refractivity contribution in [3.63, 3.8) is 0 Å². The molecule has 0 aliphatic rings. The minimum Gasteiger partial charge on any atom is -0.460 e. The highest BCUT2D eigenvalue weighted by molar-refractivity contribution is 7.99. The minimum atomic E-state index is -0.212. The maximum Gasteiger partial charge on any atom is 0.135 e. The van der Waals surface area contributed by atoms with Gasteiger partial charge in [-0.25, -0.2) is 4.39 Å². The van der Waals surface area contributed by atoms with Crippen LogP contribution in [0.4, 0.5) is 4.39 Å². The molecule has 0 N–H and O–H groups in total. The number of aryl methyl sites for hydroxylation is 2. The summed E-state index contributed by atoms with van der Waals surface area (Å²) < 4.78 is 18.8. The molecule has 0 amide bonds.